The number of hydrogen-bond acceptors (Lipinski definition) is 2. The lowest BCUT2D eigenvalue weighted by Crippen LogP contribution is -2.14. The predicted octanol–water partition coefficient (Wildman–Crippen LogP) is 5.87. The summed E-state index contributed by atoms with van der Waals surface area (Å²) in [4.78, 5) is 12.5. The minimum atomic E-state index is -0.447. The fourth-order valence-electron chi connectivity index (χ4n) is 2.57. The Morgan fingerprint density at radius 3 is 1.88 bits per heavy atom. The first-order chi connectivity index (χ1) is 12.1. The Hall–Kier alpha value is -2.29. The van der Waals surface area contributed by atoms with Crippen LogP contribution in [0, 0.1) is 0 Å². The van der Waals surface area contributed by atoms with Gasteiger partial charge >= 0.3 is 5.97 Å². The van der Waals surface area contributed by atoms with Crippen molar-refractivity contribution in [2.75, 3.05) is 0 Å². The smallest absolute Gasteiger partial charge is 0.311 e. The number of carbonyl (C=O) groups excluding carboxylic acids is 1. The number of esters is 1. The molecule has 4 heteroatoms. The summed E-state index contributed by atoms with van der Waals surface area (Å²) in [5.74, 6) is -0.323. The number of carbonyl (C=O) groups is 1. The molecular formula is C21H16Cl2O2. The monoisotopic (exact) mass is 370 g/mol. The van der Waals surface area contributed by atoms with E-state index in [9.17, 15) is 4.79 Å². The van der Waals surface area contributed by atoms with Crippen LogP contribution in [0.4, 0.5) is 0 Å². The van der Waals surface area contributed by atoms with E-state index >= 15 is 0 Å². The van der Waals surface area contributed by atoms with E-state index in [1.807, 2.05) is 60.7 Å². The van der Waals surface area contributed by atoms with Crippen molar-refractivity contribution in [2.45, 2.75) is 12.5 Å². The molecule has 3 rings (SSSR count). The second-order valence-corrected chi connectivity index (χ2v) is 6.43. The Morgan fingerprint density at radius 2 is 1.36 bits per heavy atom. The molecule has 0 N–H and O–H groups in total. The van der Waals surface area contributed by atoms with Crippen molar-refractivity contribution in [3.05, 3.63) is 106 Å². The number of ether oxygens (including phenoxy) is 1. The van der Waals surface area contributed by atoms with E-state index in [1.165, 1.54) is 0 Å². The molecule has 0 spiro atoms. The van der Waals surface area contributed by atoms with Crippen LogP contribution in [0.2, 0.25) is 10.0 Å². The lowest BCUT2D eigenvalue weighted by Gasteiger charge is -2.19. The fourth-order valence-corrected chi connectivity index (χ4v) is 2.89. The summed E-state index contributed by atoms with van der Waals surface area (Å²) in [6.45, 7) is 0. The average molecular weight is 371 g/mol. The van der Waals surface area contributed by atoms with E-state index in [-0.39, 0.29) is 12.4 Å². The van der Waals surface area contributed by atoms with Crippen LogP contribution in [-0.4, -0.2) is 5.97 Å². The third-order valence-electron chi connectivity index (χ3n) is 3.79. The third kappa shape index (κ3) is 4.62. The zero-order valence-electron chi connectivity index (χ0n) is 13.4. The Morgan fingerprint density at radius 1 is 0.800 bits per heavy atom. The quantitative estimate of drug-likeness (QED) is 0.525. The van der Waals surface area contributed by atoms with Crippen molar-refractivity contribution >= 4 is 29.2 Å². The molecule has 0 aliphatic heterocycles. The second-order valence-electron chi connectivity index (χ2n) is 5.62. The number of benzene rings is 3. The maximum absolute atomic E-state index is 12.5. The van der Waals surface area contributed by atoms with E-state index in [1.54, 1.807) is 18.2 Å². The molecule has 0 aliphatic rings. The Balaban J connectivity index is 1.80. The molecular weight excluding hydrogens is 355 g/mol. The average Bonchev–Trinajstić information content (AvgIpc) is 2.64. The van der Waals surface area contributed by atoms with Gasteiger partial charge in [0.05, 0.1) is 16.5 Å². The molecule has 0 radical (unpaired) electrons. The molecule has 0 saturated carbocycles. The van der Waals surface area contributed by atoms with Crippen LogP contribution >= 0.6 is 23.2 Å². The molecule has 0 fully saturated rings. The van der Waals surface area contributed by atoms with Crippen LogP contribution in [0.15, 0.2) is 78.9 Å². The number of hydrogen-bond donors (Lipinski definition) is 0. The molecule has 0 bridgehead atoms. The molecule has 3 aromatic rings. The van der Waals surface area contributed by atoms with Gasteiger partial charge in [0, 0.05) is 0 Å². The lowest BCUT2D eigenvalue weighted by molar-refractivity contribution is -0.146. The van der Waals surface area contributed by atoms with Gasteiger partial charge in [-0.05, 0) is 28.8 Å². The highest BCUT2D eigenvalue weighted by atomic mass is 35.5. The van der Waals surface area contributed by atoms with E-state index in [0.29, 0.717) is 10.0 Å². The van der Waals surface area contributed by atoms with Crippen molar-refractivity contribution in [2.24, 2.45) is 0 Å². The molecule has 3 aromatic carbocycles. The zero-order chi connectivity index (χ0) is 17.6. The predicted molar refractivity (Wildman–Crippen MR) is 101 cm³/mol. The summed E-state index contributed by atoms with van der Waals surface area (Å²) >= 11 is 11.9. The minimum Gasteiger partial charge on any atom is -0.452 e. The Labute approximate surface area is 157 Å². The third-order valence-corrected chi connectivity index (χ3v) is 4.53. The summed E-state index contributed by atoms with van der Waals surface area (Å²) in [7, 11) is 0. The highest BCUT2D eigenvalue weighted by Crippen LogP contribution is 2.27. The normalized spacial score (nSPS) is 10.7. The van der Waals surface area contributed by atoms with Crippen LogP contribution in [0.3, 0.4) is 0 Å². The van der Waals surface area contributed by atoms with Gasteiger partial charge in [-0.3, -0.25) is 4.79 Å². The van der Waals surface area contributed by atoms with Crippen LogP contribution < -0.4 is 0 Å². The van der Waals surface area contributed by atoms with Gasteiger partial charge < -0.3 is 4.74 Å². The number of halogens is 2. The van der Waals surface area contributed by atoms with Crippen LogP contribution in [-0.2, 0) is 16.0 Å². The van der Waals surface area contributed by atoms with Crippen LogP contribution in [0.1, 0.15) is 22.8 Å². The SMILES string of the molecule is O=C(Cc1ccc(Cl)c(Cl)c1)OC(c1ccccc1)c1ccccc1. The molecule has 0 amide bonds. The lowest BCUT2D eigenvalue weighted by atomic mass is 10.0. The van der Waals surface area contributed by atoms with Crippen molar-refractivity contribution in [1.82, 2.24) is 0 Å². The highest BCUT2D eigenvalue weighted by Gasteiger charge is 2.19. The standard InChI is InChI=1S/C21H16Cl2O2/c22-18-12-11-15(13-19(18)23)14-20(24)25-21(16-7-3-1-4-8-16)17-9-5-2-6-10-17/h1-13,21H,14H2. The molecule has 0 atom stereocenters. The molecule has 0 aliphatic carbocycles. The van der Waals surface area contributed by atoms with E-state index in [0.717, 1.165) is 16.7 Å². The molecule has 0 unspecified atom stereocenters. The maximum atomic E-state index is 12.5. The maximum Gasteiger partial charge on any atom is 0.311 e. The second kappa shape index (κ2) is 8.19. The van der Waals surface area contributed by atoms with Gasteiger partial charge in [0.15, 0.2) is 6.10 Å². The Bertz CT molecular complexity index is 809. The van der Waals surface area contributed by atoms with Crippen molar-refractivity contribution in [3.8, 4) is 0 Å². The van der Waals surface area contributed by atoms with Crippen LogP contribution in [0.5, 0.6) is 0 Å². The first-order valence-corrected chi connectivity index (χ1v) is 8.62. The highest BCUT2D eigenvalue weighted by molar-refractivity contribution is 6.42. The van der Waals surface area contributed by atoms with Gasteiger partial charge in [0.25, 0.3) is 0 Å². The van der Waals surface area contributed by atoms with Gasteiger partial charge in [0.1, 0.15) is 0 Å². The summed E-state index contributed by atoms with van der Waals surface area (Å²) in [5, 5.41) is 0.889. The molecule has 0 heterocycles. The summed E-state index contributed by atoms with van der Waals surface area (Å²) in [5.41, 5.74) is 2.62. The summed E-state index contributed by atoms with van der Waals surface area (Å²) in [6, 6.07) is 24.5. The van der Waals surface area contributed by atoms with Gasteiger partial charge in [-0.15, -0.1) is 0 Å². The minimum absolute atomic E-state index is 0.132. The zero-order valence-corrected chi connectivity index (χ0v) is 14.9. The molecule has 0 aromatic heterocycles. The molecule has 25 heavy (non-hydrogen) atoms. The van der Waals surface area contributed by atoms with Gasteiger partial charge in [-0.25, -0.2) is 0 Å². The topological polar surface area (TPSA) is 26.3 Å². The first-order valence-electron chi connectivity index (χ1n) is 7.87. The summed E-state index contributed by atoms with van der Waals surface area (Å²) < 4.78 is 5.78. The molecule has 2 nitrogen and oxygen atoms in total. The fraction of sp³-hybridized carbons (Fsp3) is 0.0952. The van der Waals surface area contributed by atoms with E-state index in [2.05, 4.69) is 0 Å². The van der Waals surface area contributed by atoms with E-state index in [4.69, 9.17) is 27.9 Å². The number of rotatable bonds is 5. The molecule has 126 valence electrons. The molecule has 0 saturated heterocycles. The van der Waals surface area contributed by atoms with E-state index < -0.39 is 6.10 Å². The van der Waals surface area contributed by atoms with Crippen molar-refractivity contribution in [1.29, 1.82) is 0 Å². The Kier molecular flexibility index (Phi) is 5.75. The largest absolute Gasteiger partial charge is 0.452 e. The van der Waals surface area contributed by atoms with Crippen molar-refractivity contribution < 1.29 is 9.53 Å². The summed E-state index contributed by atoms with van der Waals surface area (Å²) in [6.07, 6.45) is -0.315. The van der Waals surface area contributed by atoms with Gasteiger partial charge in [-0.2, -0.15) is 0 Å². The van der Waals surface area contributed by atoms with Crippen LogP contribution in [0.25, 0.3) is 0 Å². The van der Waals surface area contributed by atoms with Crippen molar-refractivity contribution in [3.63, 3.8) is 0 Å². The van der Waals surface area contributed by atoms with Gasteiger partial charge in [0.2, 0.25) is 0 Å². The van der Waals surface area contributed by atoms with Gasteiger partial charge in [-0.1, -0.05) is 89.9 Å². The first kappa shape index (κ1) is 17.5.